The van der Waals surface area contributed by atoms with E-state index in [0.29, 0.717) is 44.9 Å². The fourth-order valence-electron chi connectivity index (χ4n) is 4.65. The van der Waals surface area contributed by atoms with E-state index >= 15 is 0 Å². The van der Waals surface area contributed by atoms with Gasteiger partial charge in [-0.3, -0.25) is 4.79 Å². The number of ether oxygens (including phenoxy) is 2. The molecular formula is C26H28Cl2N4O3. The van der Waals surface area contributed by atoms with Gasteiger partial charge in [-0.15, -0.1) is 0 Å². The SMILES string of the molecule is C=CC(=O)N[C@H]1C[C@H](C)[C@H](C)[C@H]1Nc1ncc2cc(-c3c(Cl)c(OC)cc(OC)c3Cl)ccc2n1. The average Bonchev–Trinajstić information content (AvgIpc) is 3.11. The molecule has 3 aromatic rings. The Morgan fingerprint density at radius 1 is 1.14 bits per heavy atom. The van der Waals surface area contributed by atoms with Gasteiger partial charge in [-0.05, 0) is 42.0 Å². The summed E-state index contributed by atoms with van der Waals surface area (Å²) in [6.45, 7) is 7.91. The molecule has 0 bridgehead atoms. The van der Waals surface area contributed by atoms with Crippen molar-refractivity contribution in [2.75, 3.05) is 19.5 Å². The first-order valence-electron chi connectivity index (χ1n) is 11.3. The number of carbonyl (C=O) groups is 1. The van der Waals surface area contributed by atoms with Crippen molar-refractivity contribution in [2.45, 2.75) is 32.4 Å². The molecule has 0 unspecified atom stereocenters. The Morgan fingerprint density at radius 3 is 2.46 bits per heavy atom. The van der Waals surface area contributed by atoms with E-state index in [-0.39, 0.29) is 18.0 Å². The van der Waals surface area contributed by atoms with Crippen LogP contribution in [0.3, 0.4) is 0 Å². The Kier molecular flexibility index (Phi) is 7.38. The number of amides is 1. The number of hydrogen-bond donors (Lipinski definition) is 2. The molecule has 184 valence electrons. The number of nitrogens with one attached hydrogen (secondary N) is 2. The van der Waals surface area contributed by atoms with Gasteiger partial charge in [0.2, 0.25) is 11.9 Å². The molecule has 1 aliphatic carbocycles. The predicted octanol–water partition coefficient (Wildman–Crippen LogP) is 5.75. The van der Waals surface area contributed by atoms with Gasteiger partial charge in [0, 0.05) is 29.3 Å². The fourth-order valence-corrected chi connectivity index (χ4v) is 5.37. The Morgan fingerprint density at radius 2 is 1.83 bits per heavy atom. The molecule has 7 nitrogen and oxygen atoms in total. The van der Waals surface area contributed by atoms with Crippen LogP contribution in [0.2, 0.25) is 10.0 Å². The second-order valence-corrected chi connectivity index (χ2v) is 9.57. The van der Waals surface area contributed by atoms with Gasteiger partial charge in [0.15, 0.2) is 0 Å². The molecule has 0 radical (unpaired) electrons. The Bertz CT molecular complexity index is 1250. The van der Waals surface area contributed by atoms with Crippen LogP contribution < -0.4 is 20.1 Å². The fraction of sp³-hybridized carbons (Fsp3) is 0.346. The number of halogens is 2. The van der Waals surface area contributed by atoms with Crippen molar-refractivity contribution in [1.29, 1.82) is 0 Å². The highest BCUT2D eigenvalue weighted by atomic mass is 35.5. The van der Waals surface area contributed by atoms with Gasteiger partial charge in [0.05, 0.1) is 35.8 Å². The third kappa shape index (κ3) is 4.88. The summed E-state index contributed by atoms with van der Waals surface area (Å²) in [5, 5.41) is 8.09. The zero-order valence-corrected chi connectivity index (χ0v) is 21.6. The summed E-state index contributed by atoms with van der Waals surface area (Å²) in [7, 11) is 3.08. The average molecular weight is 515 g/mol. The minimum Gasteiger partial charge on any atom is -0.495 e. The zero-order valence-electron chi connectivity index (χ0n) is 20.1. The number of rotatable bonds is 7. The molecular weight excluding hydrogens is 487 g/mol. The van der Waals surface area contributed by atoms with E-state index < -0.39 is 0 Å². The zero-order chi connectivity index (χ0) is 25.3. The lowest BCUT2D eigenvalue weighted by Gasteiger charge is -2.25. The molecule has 2 aromatic carbocycles. The van der Waals surface area contributed by atoms with Crippen molar-refractivity contribution in [3.8, 4) is 22.6 Å². The van der Waals surface area contributed by atoms with Crippen molar-refractivity contribution < 1.29 is 14.3 Å². The van der Waals surface area contributed by atoms with Crippen LogP contribution in [0.15, 0.2) is 43.1 Å². The number of fused-ring (bicyclic) bond motifs is 1. The first-order valence-corrected chi connectivity index (χ1v) is 12.1. The van der Waals surface area contributed by atoms with E-state index in [1.165, 1.54) is 6.08 Å². The van der Waals surface area contributed by atoms with Crippen LogP contribution >= 0.6 is 23.2 Å². The molecule has 0 aliphatic heterocycles. The van der Waals surface area contributed by atoms with Crippen LogP contribution in [0, 0.1) is 11.8 Å². The van der Waals surface area contributed by atoms with Crippen LogP contribution in [-0.4, -0.2) is 42.2 Å². The van der Waals surface area contributed by atoms with Crippen LogP contribution in [0.25, 0.3) is 22.0 Å². The molecule has 1 amide bonds. The summed E-state index contributed by atoms with van der Waals surface area (Å²) >= 11 is 13.2. The number of nitrogens with zero attached hydrogens (tertiary/aromatic N) is 2. The molecule has 0 saturated heterocycles. The molecule has 9 heteroatoms. The number of methoxy groups -OCH3 is 2. The molecule has 4 rings (SSSR count). The third-order valence-corrected chi connectivity index (χ3v) is 7.52. The van der Waals surface area contributed by atoms with Crippen LogP contribution in [0.5, 0.6) is 11.5 Å². The lowest BCUT2D eigenvalue weighted by atomic mass is 9.97. The van der Waals surface area contributed by atoms with Gasteiger partial charge in [-0.1, -0.05) is 49.7 Å². The summed E-state index contributed by atoms with van der Waals surface area (Å²) in [6.07, 6.45) is 3.93. The maximum atomic E-state index is 11.9. The summed E-state index contributed by atoms with van der Waals surface area (Å²) in [6, 6.07) is 7.36. The largest absolute Gasteiger partial charge is 0.495 e. The maximum absolute atomic E-state index is 11.9. The number of aromatic nitrogens is 2. The van der Waals surface area contributed by atoms with E-state index in [9.17, 15) is 4.79 Å². The van der Waals surface area contributed by atoms with Gasteiger partial charge >= 0.3 is 0 Å². The second-order valence-electron chi connectivity index (χ2n) is 8.81. The third-order valence-electron chi connectivity index (χ3n) is 6.77. The molecule has 1 aromatic heterocycles. The molecule has 35 heavy (non-hydrogen) atoms. The minimum absolute atomic E-state index is 0.00693. The molecule has 1 fully saturated rings. The van der Waals surface area contributed by atoms with E-state index in [1.54, 1.807) is 26.5 Å². The number of anilines is 1. The molecule has 0 spiro atoms. The standard InChI is InChI=1S/C26H28Cl2N4O3/c1-6-21(33)30-18-9-13(2)14(3)25(18)32-26-29-12-16-10-15(7-8-17(16)31-26)22-23(27)19(34-4)11-20(35-5)24(22)28/h6-8,10-14,18,25H,1,9H2,2-5H3,(H,30,33)(H,29,31,32)/t13-,14-,18-,25+/m0/s1. The van der Waals surface area contributed by atoms with Crippen molar-refractivity contribution in [3.05, 3.63) is 53.2 Å². The lowest BCUT2D eigenvalue weighted by molar-refractivity contribution is -0.117. The smallest absolute Gasteiger partial charge is 0.243 e. The van der Waals surface area contributed by atoms with Crippen LogP contribution in [-0.2, 0) is 4.79 Å². The van der Waals surface area contributed by atoms with E-state index in [2.05, 4.69) is 36.0 Å². The van der Waals surface area contributed by atoms with Crippen molar-refractivity contribution in [2.24, 2.45) is 11.8 Å². The second kappa shape index (κ2) is 10.3. The van der Waals surface area contributed by atoms with Crippen LogP contribution in [0.4, 0.5) is 5.95 Å². The molecule has 1 heterocycles. The summed E-state index contributed by atoms with van der Waals surface area (Å²) in [5.41, 5.74) is 2.17. The highest BCUT2D eigenvalue weighted by molar-refractivity contribution is 6.41. The van der Waals surface area contributed by atoms with Crippen molar-refractivity contribution in [1.82, 2.24) is 15.3 Å². The summed E-state index contributed by atoms with van der Waals surface area (Å²) in [4.78, 5) is 21.2. The normalized spacial score (nSPS) is 21.5. The van der Waals surface area contributed by atoms with E-state index in [4.69, 9.17) is 37.7 Å². The minimum atomic E-state index is -0.179. The molecule has 1 saturated carbocycles. The summed E-state index contributed by atoms with van der Waals surface area (Å²) in [5.74, 6) is 2.04. The molecule has 4 atom stereocenters. The highest BCUT2D eigenvalue weighted by Gasteiger charge is 2.39. The summed E-state index contributed by atoms with van der Waals surface area (Å²) < 4.78 is 10.8. The maximum Gasteiger partial charge on any atom is 0.243 e. The van der Waals surface area contributed by atoms with E-state index in [0.717, 1.165) is 22.9 Å². The molecule has 1 aliphatic rings. The first kappa shape index (κ1) is 25.1. The van der Waals surface area contributed by atoms with E-state index in [1.807, 2.05) is 18.2 Å². The van der Waals surface area contributed by atoms with Gasteiger partial charge in [0.25, 0.3) is 0 Å². The topological polar surface area (TPSA) is 85.4 Å². The first-order chi connectivity index (χ1) is 16.8. The Hall–Kier alpha value is -3.03. The molecule has 2 N–H and O–H groups in total. The predicted molar refractivity (Wildman–Crippen MR) is 141 cm³/mol. The van der Waals surface area contributed by atoms with Gasteiger partial charge < -0.3 is 20.1 Å². The monoisotopic (exact) mass is 514 g/mol. The van der Waals surface area contributed by atoms with Crippen LogP contribution in [0.1, 0.15) is 20.3 Å². The van der Waals surface area contributed by atoms with Crippen molar-refractivity contribution >= 4 is 46.0 Å². The number of hydrogen-bond acceptors (Lipinski definition) is 6. The Balaban J connectivity index is 1.65. The number of carbonyl (C=O) groups excluding carboxylic acids is 1. The quantitative estimate of drug-likeness (QED) is 0.390. The van der Waals surface area contributed by atoms with Gasteiger partial charge in [0.1, 0.15) is 11.5 Å². The van der Waals surface area contributed by atoms with Crippen molar-refractivity contribution in [3.63, 3.8) is 0 Å². The Labute approximate surface area is 214 Å². The lowest BCUT2D eigenvalue weighted by Crippen LogP contribution is -2.45. The van der Waals surface area contributed by atoms with Gasteiger partial charge in [-0.25, -0.2) is 9.97 Å². The van der Waals surface area contributed by atoms with Gasteiger partial charge in [-0.2, -0.15) is 0 Å². The number of benzene rings is 2. The highest BCUT2D eigenvalue weighted by Crippen LogP contribution is 2.46.